The molecule has 11 nitrogen and oxygen atoms in total. The van der Waals surface area contributed by atoms with Crippen molar-refractivity contribution in [3.63, 3.8) is 0 Å². The predicted molar refractivity (Wildman–Crippen MR) is 102 cm³/mol. The number of hydrogen-bond donors (Lipinski definition) is 0. The molecule has 3 aromatic heterocycles. The van der Waals surface area contributed by atoms with Gasteiger partial charge in [0, 0.05) is 24.2 Å². The number of ether oxygens (including phenoxy) is 3. The Morgan fingerprint density at radius 1 is 1.17 bits per heavy atom. The molecule has 11 heteroatoms. The van der Waals surface area contributed by atoms with E-state index in [-0.39, 0.29) is 17.8 Å². The van der Waals surface area contributed by atoms with Crippen molar-refractivity contribution in [1.29, 1.82) is 0 Å². The Morgan fingerprint density at radius 2 is 2.00 bits per heavy atom. The summed E-state index contributed by atoms with van der Waals surface area (Å²) < 4.78 is 21.2. The van der Waals surface area contributed by atoms with Crippen LogP contribution >= 0.6 is 0 Å². The van der Waals surface area contributed by atoms with Gasteiger partial charge in [0.2, 0.25) is 0 Å². The van der Waals surface area contributed by atoms with Gasteiger partial charge in [-0.2, -0.15) is 0 Å². The first kappa shape index (κ1) is 17.9. The van der Waals surface area contributed by atoms with Crippen LogP contribution in [0.1, 0.15) is 25.7 Å². The van der Waals surface area contributed by atoms with Gasteiger partial charge in [-0.05, 0) is 42.2 Å². The average Bonchev–Trinajstić information content (AvgIpc) is 3.63. The third-order valence-electron chi connectivity index (χ3n) is 5.77. The highest BCUT2D eigenvalue weighted by Crippen LogP contribution is 2.48. The summed E-state index contributed by atoms with van der Waals surface area (Å²) in [5.41, 5.74) is 2.35. The van der Waals surface area contributed by atoms with Crippen molar-refractivity contribution in [1.82, 2.24) is 40.2 Å². The van der Waals surface area contributed by atoms with Gasteiger partial charge in [-0.15, -0.1) is 10.2 Å². The van der Waals surface area contributed by atoms with Crippen LogP contribution in [0.25, 0.3) is 22.8 Å². The van der Waals surface area contributed by atoms with Crippen molar-refractivity contribution in [2.75, 3.05) is 13.2 Å². The first-order valence-electron chi connectivity index (χ1n) is 10.2. The summed E-state index contributed by atoms with van der Waals surface area (Å²) in [5, 5.41) is 20.2. The summed E-state index contributed by atoms with van der Waals surface area (Å²) in [6, 6.07) is 1.91. The Balaban J connectivity index is 1.24. The Labute approximate surface area is 172 Å². The van der Waals surface area contributed by atoms with Crippen molar-refractivity contribution in [3.05, 3.63) is 18.5 Å². The van der Waals surface area contributed by atoms with Gasteiger partial charge in [0.15, 0.2) is 12.1 Å². The van der Waals surface area contributed by atoms with E-state index in [2.05, 4.69) is 30.8 Å². The Bertz CT molecular complexity index is 1060. The maximum Gasteiger partial charge on any atom is 0.183 e. The summed E-state index contributed by atoms with van der Waals surface area (Å²) in [6.45, 7) is 2.02. The lowest BCUT2D eigenvalue weighted by molar-refractivity contribution is -0.213. The molecule has 3 aromatic rings. The SMILES string of the molecule is Cn1nnnc1-c1cnc(-c2cn(CC3OCC4(CC4)CO3)nn2)c(OC2CC2)c1. The van der Waals surface area contributed by atoms with Gasteiger partial charge in [0.1, 0.15) is 17.1 Å². The maximum atomic E-state index is 6.11. The molecule has 2 saturated carbocycles. The van der Waals surface area contributed by atoms with E-state index in [4.69, 9.17) is 14.2 Å². The molecule has 0 aromatic carbocycles. The molecule has 0 unspecified atom stereocenters. The summed E-state index contributed by atoms with van der Waals surface area (Å²) in [4.78, 5) is 4.60. The molecule has 4 heterocycles. The van der Waals surface area contributed by atoms with Crippen LogP contribution in [0.4, 0.5) is 0 Å². The molecule has 0 atom stereocenters. The van der Waals surface area contributed by atoms with Crippen LogP contribution in [0, 0.1) is 5.41 Å². The van der Waals surface area contributed by atoms with E-state index in [0.29, 0.717) is 29.5 Å². The molecule has 2 aliphatic carbocycles. The molecular weight excluding hydrogens is 388 g/mol. The number of hydrogen-bond acceptors (Lipinski definition) is 9. The van der Waals surface area contributed by atoms with Gasteiger partial charge in [-0.25, -0.2) is 14.3 Å². The van der Waals surface area contributed by atoms with Gasteiger partial charge in [-0.3, -0.25) is 0 Å². The topological polar surface area (TPSA) is 115 Å². The van der Waals surface area contributed by atoms with Crippen LogP contribution in [0.2, 0.25) is 0 Å². The molecule has 0 N–H and O–H groups in total. The summed E-state index contributed by atoms with van der Waals surface area (Å²) >= 11 is 0. The van der Waals surface area contributed by atoms with Crippen molar-refractivity contribution in [3.8, 4) is 28.5 Å². The number of nitrogens with zero attached hydrogens (tertiary/aromatic N) is 8. The van der Waals surface area contributed by atoms with E-state index >= 15 is 0 Å². The summed E-state index contributed by atoms with van der Waals surface area (Å²) in [6.07, 6.45) is 7.96. The van der Waals surface area contributed by atoms with Gasteiger partial charge >= 0.3 is 0 Å². The smallest absolute Gasteiger partial charge is 0.183 e. The molecule has 3 fully saturated rings. The number of aryl methyl sites for hydroxylation is 1. The minimum Gasteiger partial charge on any atom is -0.488 e. The fourth-order valence-electron chi connectivity index (χ4n) is 3.54. The van der Waals surface area contributed by atoms with E-state index in [0.717, 1.165) is 31.6 Å². The Kier molecular flexibility index (Phi) is 4.06. The van der Waals surface area contributed by atoms with Crippen LogP contribution in [-0.2, 0) is 23.1 Å². The number of rotatable bonds is 6. The normalized spacial score (nSPS) is 20.6. The Hall–Kier alpha value is -2.92. The van der Waals surface area contributed by atoms with Gasteiger partial charge in [0.25, 0.3) is 0 Å². The summed E-state index contributed by atoms with van der Waals surface area (Å²) in [7, 11) is 1.79. The number of aromatic nitrogens is 8. The third kappa shape index (κ3) is 3.43. The first-order valence-corrected chi connectivity index (χ1v) is 10.2. The molecule has 6 rings (SSSR count). The highest BCUT2D eigenvalue weighted by atomic mass is 16.7. The van der Waals surface area contributed by atoms with Crippen molar-refractivity contribution in [2.24, 2.45) is 12.5 Å². The zero-order valence-corrected chi connectivity index (χ0v) is 16.6. The highest BCUT2D eigenvalue weighted by molar-refractivity contribution is 5.67. The molecule has 1 saturated heterocycles. The minimum absolute atomic E-state index is 0.215. The van der Waals surface area contributed by atoms with Crippen LogP contribution < -0.4 is 4.74 Å². The summed E-state index contributed by atoms with van der Waals surface area (Å²) in [5.74, 6) is 1.28. The first-order chi connectivity index (χ1) is 14.7. The highest BCUT2D eigenvalue weighted by Gasteiger charge is 2.47. The quantitative estimate of drug-likeness (QED) is 0.591. The van der Waals surface area contributed by atoms with Crippen molar-refractivity contribution in [2.45, 2.75) is 44.6 Å². The third-order valence-corrected chi connectivity index (χ3v) is 5.77. The lowest BCUT2D eigenvalue weighted by Gasteiger charge is -2.29. The van der Waals surface area contributed by atoms with E-state index < -0.39 is 0 Å². The predicted octanol–water partition coefficient (Wildman–Crippen LogP) is 1.22. The molecule has 30 heavy (non-hydrogen) atoms. The van der Waals surface area contributed by atoms with Crippen molar-refractivity contribution >= 4 is 0 Å². The van der Waals surface area contributed by atoms with Crippen LogP contribution in [-0.4, -0.2) is 65.8 Å². The number of pyridine rings is 1. The van der Waals surface area contributed by atoms with Crippen molar-refractivity contribution < 1.29 is 14.2 Å². The maximum absolute atomic E-state index is 6.11. The Morgan fingerprint density at radius 3 is 2.70 bits per heavy atom. The molecule has 0 radical (unpaired) electrons. The lowest BCUT2D eigenvalue weighted by atomic mass is 10.1. The zero-order chi connectivity index (χ0) is 20.1. The standard InChI is InChI=1S/C19H22N8O3/c1-26-18(22-23-25-26)12-6-15(30-13-2-3-13)17(20-7-12)14-8-27(24-21-14)9-16-28-10-19(4-5-19)11-29-16/h6-8,13,16H,2-5,9-11H2,1H3. The molecule has 1 aliphatic heterocycles. The average molecular weight is 410 g/mol. The van der Waals surface area contributed by atoms with Gasteiger partial charge < -0.3 is 14.2 Å². The second-order valence-electron chi connectivity index (χ2n) is 8.39. The van der Waals surface area contributed by atoms with E-state index in [1.54, 1.807) is 22.6 Å². The van der Waals surface area contributed by atoms with Crippen LogP contribution in [0.3, 0.4) is 0 Å². The van der Waals surface area contributed by atoms with Gasteiger partial charge in [-0.1, -0.05) is 5.21 Å². The minimum atomic E-state index is -0.299. The van der Waals surface area contributed by atoms with E-state index in [1.807, 2.05) is 12.3 Å². The fourth-order valence-corrected chi connectivity index (χ4v) is 3.54. The molecular formula is C19H22N8O3. The second kappa shape index (κ2) is 6.81. The molecule has 1 spiro atoms. The zero-order valence-electron chi connectivity index (χ0n) is 16.6. The van der Waals surface area contributed by atoms with E-state index in [9.17, 15) is 0 Å². The van der Waals surface area contributed by atoms with Crippen LogP contribution in [0.15, 0.2) is 18.5 Å². The molecule has 156 valence electrons. The van der Waals surface area contributed by atoms with Gasteiger partial charge in [0.05, 0.1) is 32.1 Å². The second-order valence-corrected chi connectivity index (χ2v) is 8.39. The number of tetrazole rings is 1. The van der Waals surface area contributed by atoms with E-state index in [1.165, 1.54) is 12.8 Å². The molecule has 3 aliphatic rings. The fraction of sp³-hybridized carbons (Fsp3) is 0.579. The monoisotopic (exact) mass is 410 g/mol. The lowest BCUT2D eigenvalue weighted by Crippen LogP contribution is -2.36. The largest absolute Gasteiger partial charge is 0.488 e. The van der Waals surface area contributed by atoms with Crippen LogP contribution in [0.5, 0.6) is 5.75 Å². The molecule has 0 bridgehead atoms. The molecule has 0 amide bonds.